The Morgan fingerprint density at radius 1 is 1.22 bits per heavy atom. The van der Waals surface area contributed by atoms with Crippen molar-refractivity contribution in [3.8, 4) is 0 Å². The number of pyridine rings is 1. The van der Waals surface area contributed by atoms with E-state index in [4.69, 9.17) is 0 Å². The number of rotatable bonds is 3. The van der Waals surface area contributed by atoms with Gasteiger partial charge in [0.1, 0.15) is 0 Å². The van der Waals surface area contributed by atoms with E-state index < -0.39 is 0 Å². The lowest BCUT2D eigenvalue weighted by atomic mass is 9.80. The summed E-state index contributed by atoms with van der Waals surface area (Å²) in [5.41, 5.74) is 1.09. The minimum absolute atomic E-state index is 0.640. The molecule has 4 heteroatoms. The van der Waals surface area contributed by atoms with Crippen LogP contribution in [0.2, 0.25) is 0 Å². The molecule has 0 aliphatic heterocycles. The van der Waals surface area contributed by atoms with Crippen molar-refractivity contribution in [2.24, 2.45) is 11.8 Å². The molecule has 2 nitrogen and oxygen atoms in total. The first-order valence-corrected chi connectivity index (χ1v) is 8.16. The molecule has 1 aromatic heterocycles. The Labute approximate surface area is 126 Å². The third-order valence-electron chi connectivity index (χ3n) is 3.62. The molecular formula is C14H20Br2N2. The van der Waals surface area contributed by atoms with E-state index in [-0.39, 0.29) is 0 Å². The van der Waals surface area contributed by atoms with Gasteiger partial charge in [-0.3, -0.25) is 4.98 Å². The molecule has 2 rings (SSSR count). The highest BCUT2D eigenvalue weighted by Crippen LogP contribution is 2.29. The zero-order valence-electron chi connectivity index (χ0n) is 10.9. The normalized spacial score (nSPS) is 28.3. The molecule has 0 saturated heterocycles. The van der Waals surface area contributed by atoms with Gasteiger partial charge in [0.25, 0.3) is 0 Å². The number of nitrogens with zero attached hydrogens (tertiary/aromatic N) is 1. The minimum Gasteiger partial charge on any atom is -0.308 e. The van der Waals surface area contributed by atoms with Gasteiger partial charge in [-0.25, -0.2) is 0 Å². The highest BCUT2D eigenvalue weighted by atomic mass is 79.9. The quantitative estimate of drug-likeness (QED) is 0.839. The number of hydrogen-bond donors (Lipinski definition) is 1. The van der Waals surface area contributed by atoms with E-state index in [0.29, 0.717) is 6.04 Å². The Morgan fingerprint density at radius 2 is 1.89 bits per heavy atom. The zero-order chi connectivity index (χ0) is 13.1. The highest BCUT2D eigenvalue weighted by Gasteiger charge is 2.23. The Kier molecular flexibility index (Phi) is 5.22. The fourth-order valence-electron chi connectivity index (χ4n) is 2.93. The van der Waals surface area contributed by atoms with Gasteiger partial charge >= 0.3 is 0 Å². The maximum atomic E-state index is 4.44. The first-order valence-electron chi connectivity index (χ1n) is 6.58. The molecule has 1 saturated carbocycles. The average molecular weight is 376 g/mol. The van der Waals surface area contributed by atoms with Crippen molar-refractivity contribution in [3.63, 3.8) is 0 Å². The van der Waals surface area contributed by atoms with Crippen LogP contribution in [0.1, 0.15) is 38.8 Å². The van der Waals surface area contributed by atoms with Gasteiger partial charge in [0, 0.05) is 27.7 Å². The second-order valence-corrected chi connectivity index (χ2v) is 7.35. The van der Waals surface area contributed by atoms with Crippen LogP contribution < -0.4 is 5.32 Å². The van der Waals surface area contributed by atoms with Gasteiger partial charge in [-0.15, -0.1) is 0 Å². The molecule has 2 atom stereocenters. The summed E-state index contributed by atoms with van der Waals surface area (Å²) in [7, 11) is 0. The Hall–Kier alpha value is 0.0700. The molecule has 1 aliphatic carbocycles. The second-order valence-electron chi connectivity index (χ2n) is 5.58. The largest absolute Gasteiger partial charge is 0.308 e. The van der Waals surface area contributed by atoms with Crippen LogP contribution in [0.5, 0.6) is 0 Å². The van der Waals surface area contributed by atoms with Gasteiger partial charge in [0.15, 0.2) is 0 Å². The van der Waals surface area contributed by atoms with Crippen LogP contribution in [0.3, 0.4) is 0 Å². The van der Waals surface area contributed by atoms with Crippen molar-refractivity contribution >= 4 is 31.9 Å². The van der Waals surface area contributed by atoms with Crippen LogP contribution in [-0.2, 0) is 6.54 Å². The molecule has 1 aromatic rings. The van der Waals surface area contributed by atoms with Gasteiger partial charge in [0.2, 0.25) is 0 Å². The van der Waals surface area contributed by atoms with E-state index in [1.54, 1.807) is 0 Å². The molecule has 1 aliphatic rings. The Morgan fingerprint density at radius 3 is 2.50 bits per heavy atom. The van der Waals surface area contributed by atoms with Crippen molar-refractivity contribution in [2.75, 3.05) is 0 Å². The Bertz CT molecular complexity index is 399. The maximum Gasteiger partial charge on any atom is 0.0684 e. The standard InChI is InChI=1S/C14H20Br2N2/c1-9-3-10(2)5-12(4-9)17-8-14-13(16)6-11(15)7-18-14/h6-7,9-10,12,17H,3-5,8H2,1-2H3. The molecule has 100 valence electrons. The van der Waals surface area contributed by atoms with Gasteiger partial charge in [0.05, 0.1) is 5.69 Å². The van der Waals surface area contributed by atoms with Crippen LogP contribution in [0.4, 0.5) is 0 Å². The summed E-state index contributed by atoms with van der Waals surface area (Å²) in [6.07, 6.45) is 5.81. The molecule has 0 radical (unpaired) electrons. The molecule has 2 unspecified atom stereocenters. The lowest BCUT2D eigenvalue weighted by molar-refractivity contribution is 0.237. The fourth-order valence-corrected chi connectivity index (χ4v) is 4.06. The van der Waals surface area contributed by atoms with E-state index >= 15 is 0 Å². The van der Waals surface area contributed by atoms with Crippen molar-refractivity contribution < 1.29 is 0 Å². The van der Waals surface area contributed by atoms with Crippen LogP contribution in [0, 0.1) is 11.8 Å². The van der Waals surface area contributed by atoms with Crippen molar-refractivity contribution in [2.45, 2.75) is 45.7 Å². The van der Waals surface area contributed by atoms with Crippen LogP contribution >= 0.6 is 31.9 Å². The SMILES string of the molecule is CC1CC(C)CC(NCc2ncc(Br)cc2Br)C1. The average Bonchev–Trinajstić information content (AvgIpc) is 2.26. The highest BCUT2D eigenvalue weighted by molar-refractivity contribution is 9.11. The van der Waals surface area contributed by atoms with Crippen molar-refractivity contribution in [1.29, 1.82) is 0 Å². The molecular weight excluding hydrogens is 356 g/mol. The molecule has 0 aromatic carbocycles. The van der Waals surface area contributed by atoms with E-state index in [1.165, 1.54) is 19.3 Å². The summed E-state index contributed by atoms with van der Waals surface area (Å²) < 4.78 is 2.08. The lowest BCUT2D eigenvalue weighted by Crippen LogP contribution is -2.36. The number of nitrogens with one attached hydrogen (secondary N) is 1. The van der Waals surface area contributed by atoms with E-state index in [9.17, 15) is 0 Å². The van der Waals surface area contributed by atoms with Crippen molar-refractivity contribution in [1.82, 2.24) is 10.3 Å². The maximum absolute atomic E-state index is 4.44. The van der Waals surface area contributed by atoms with Gasteiger partial charge in [-0.05, 0) is 69.0 Å². The molecule has 1 fully saturated rings. The molecule has 1 heterocycles. The third-order valence-corrected chi connectivity index (χ3v) is 4.74. The smallest absolute Gasteiger partial charge is 0.0684 e. The first-order chi connectivity index (χ1) is 8.54. The van der Waals surface area contributed by atoms with Gasteiger partial charge < -0.3 is 5.32 Å². The second kappa shape index (κ2) is 6.49. The molecule has 0 spiro atoms. The topological polar surface area (TPSA) is 24.9 Å². The monoisotopic (exact) mass is 374 g/mol. The van der Waals surface area contributed by atoms with Gasteiger partial charge in [-0.1, -0.05) is 13.8 Å². The van der Waals surface area contributed by atoms with Gasteiger partial charge in [-0.2, -0.15) is 0 Å². The van der Waals surface area contributed by atoms with Crippen LogP contribution in [0.25, 0.3) is 0 Å². The minimum atomic E-state index is 0.640. The molecule has 1 N–H and O–H groups in total. The summed E-state index contributed by atoms with van der Waals surface area (Å²) in [6.45, 7) is 5.56. The summed E-state index contributed by atoms with van der Waals surface area (Å²) >= 11 is 6.99. The predicted molar refractivity (Wildman–Crippen MR) is 82.4 cm³/mol. The third kappa shape index (κ3) is 4.04. The van der Waals surface area contributed by atoms with E-state index in [0.717, 1.165) is 33.0 Å². The lowest BCUT2D eigenvalue weighted by Gasteiger charge is -2.32. The number of aromatic nitrogens is 1. The summed E-state index contributed by atoms with van der Waals surface area (Å²) in [4.78, 5) is 4.44. The number of hydrogen-bond acceptors (Lipinski definition) is 2. The fraction of sp³-hybridized carbons (Fsp3) is 0.643. The van der Waals surface area contributed by atoms with E-state index in [1.807, 2.05) is 6.20 Å². The summed E-state index contributed by atoms with van der Waals surface area (Å²) in [6, 6.07) is 2.69. The molecule has 18 heavy (non-hydrogen) atoms. The van der Waals surface area contributed by atoms with Crippen molar-refractivity contribution in [3.05, 3.63) is 26.9 Å². The summed E-state index contributed by atoms with van der Waals surface area (Å²) in [5.74, 6) is 1.68. The summed E-state index contributed by atoms with van der Waals surface area (Å²) in [5, 5.41) is 3.65. The zero-order valence-corrected chi connectivity index (χ0v) is 14.1. The van der Waals surface area contributed by atoms with E-state index in [2.05, 4.69) is 62.1 Å². The van der Waals surface area contributed by atoms with Crippen LogP contribution in [0.15, 0.2) is 21.2 Å². The van der Waals surface area contributed by atoms with Crippen LogP contribution in [-0.4, -0.2) is 11.0 Å². The first kappa shape index (κ1) is 14.5. The molecule has 0 amide bonds. The molecule has 0 bridgehead atoms. The predicted octanol–water partition coefficient (Wildman–Crippen LogP) is 4.52. The Balaban J connectivity index is 1.91. The number of halogens is 2.